The molecule has 0 amide bonds. The van der Waals surface area contributed by atoms with Gasteiger partial charge in [-0.25, -0.2) is 0 Å². The van der Waals surface area contributed by atoms with E-state index in [0.29, 0.717) is 11.3 Å². The average Bonchev–Trinajstić information content (AvgIpc) is 2.38. The van der Waals surface area contributed by atoms with Gasteiger partial charge in [0.05, 0.1) is 16.1 Å². The summed E-state index contributed by atoms with van der Waals surface area (Å²) in [7, 11) is 0. The molecule has 2 aromatic carbocycles. The van der Waals surface area contributed by atoms with E-state index in [9.17, 15) is 0 Å². The molecule has 0 aliphatic heterocycles. The molecule has 0 aliphatic rings. The molecule has 0 saturated carbocycles. The third kappa shape index (κ3) is 3.09. The summed E-state index contributed by atoms with van der Waals surface area (Å²) in [5, 5.41) is 9.58. The maximum Gasteiger partial charge on any atom is 0.141 e. The Kier molecular flexibility index (Phi) is 4.14. The van der Waals surface area contributed by atoms with Crippen LogP contribution < -0.4 is 4.74 Å². The van der Waals surface area contributed by atoms with Crippen molar-refractivity contribution in [3.63, 3.8) is 0 Å². The molecule has 0 fully saturated rings. The number of hydrogen-bond acceptors (Lipinski definition) is 2. The summed E-state index contributed by atoms with van der Waals surface area (Å²) in [6, 6.07) is 11.1. The monoisotopic (exact) mass is 335 g/mol. The maximum atomic E-state index is 8.82. The summed E-state index contributed by atoms with van der Waals surface area (Å²) in [6.07, 6.45) is 0. The second-order valence-electron chi connectivity index (χ2n) is 4.23. The number of ether oxygens (including phenoxy) is 1. The van der Waals surface area contributed by atoms with Gasteiger partial charge in [0.25, 0.3) is 0 Å². The highest BCUT2D eigenvalue weighted by Crippen LogP contribution is 2.33. The van der Waals surface area contributed by atoms with E-state index in [2.05, 4.69) is 22.0 Å². The lowest BCUT2D eigenvalue weighted by Gasteiger charge is -2.11. The van der Waals surface area contributed by atoms with Gasteiger partial charge < -0.3 is 4.74 Å². The van der Waals surface area contributed by atoms with E-state index in [1.807, 2.05) is 26.0 Å². The van der Waals surface area contributed by atoms with Gasteiger partial charge in [0.2, 0.25) is 0 Å². The quantitative estimate of drug-likeness (QED) is 0.737. The van der Waals surface area contributed by atoms with Gasteiger partial charge in [-0.1, -0.05) is 11.6 Å². The van der Waals surface area contributed by atoms with Crippen molar-refractivity contribution in [3.8, 4) is 17.6 Å². The first kappa shape index (κ1) is 13.9. The second kappa shape index (κ2) is 5.64. The van der Waals surface area contributed by atoms with Crippen molar-refractivity contribution in [1.29, 1.82) is 5.26 Å². The molecule has 0 aliphatic carbocycles. The highest BCUT2D eigenvalue weighted by atomic mass is 79.9. The zero-order chi connectivity index (χ0) is 14.0. The van der Waals surface area contributed by atoms with Crippen LogP contribution in [0.15, 0.2) is 34.8 Å². The molecule has 2 nitrogen and oxygen atoms in total. The molecule has 0 heterocycles. The van der Waals surface area contributed by atoms with Gasteiger partial charge in [0, 0.05) is 5.02 Å². The van der Waals surface area contributed by atoms with Crippen LogP contribution in [0, 0.1) is 25.2 Å². The maximum absolute atomic E-state index is 8.82. The van der Waals surface area contributed by atoms with Crippen LogP contribution in [0.1, 0.15) is 16.7 Å². The topological polar surface area (TPSA) is 33.0 Å². The predicted molar refractivity (Wildman–Crippen MR) is 79.9 cm³/mol. The van der Waals surface area contributed by atoms with E-state index in [1.54, 1.807) is 18.2 Å². The third-order valence-electron chi connectivity index (χ3n) is 2.70. The molecular weight excluding hydrogens is 326 g/mol. The molecule has 0 radical (unpaired) electrons. The van der Waals surface area contributed by atoms with Crippen LogP contribution in [-0.4, -0.2) is 0 Å². The van der Waals surface area contributed by atoms with Crippen LogP contribution in [0.5, 0.6) is 11.5 Å². The van der Waals surface area contributed by atoms with E-state index in [-0.39, 0.29) is 0 Å². The van der Waals surface area contributed by atoms with Crippen LogP contribution in [0.25, 0.3) is 0 Å². The third-order valence-corrected chi connectivity index (χ3v) is 3.91. The number of nitrogens with zero attached hydrogens (tertiary/aromatic N) is 1. The number of benzene rings is 2. The average molecular weight is 337 g/mol. The van der Waals surface area contributed by atoms with E-state index in [4.69, 9.17) is 21.6 Å². The number of aryl methyl sites for hydroxylation is 2. The number of halogens is 2. The normalized spacial score (nSPS) is 10.1. The molecule has 0 atom stereocenters. The first-order chi connectivity index (χ1) is 9.01. The smallest absolute Gasteiger partial charge is 0.141 e. The van der Waals surface area contributed by atoms with Gasteiger partial charge in [-0.3, -0.25) is 0 Å². The molecule has 2 aromatic rings. The highest BCUT2D eigenvalue weighted by molar-refractivity contribution is 9.10. The summed E-state index contributed by atoms with van der Waals surface area (Å²) < 4.78 is 6.56. The zero-order valence-electron chi connectivity index (χ0n) is 10.5. The molecule has 0 saturated heterocycles. The number of rotatable bonds is 2. The minimum absolute atomic E-state index is 0.586. The van der Waals surface area contributed by atoms with Crippen molar-refractivity contribution in [1.82, 2.24) is 0 Å². The number of hydrogen-bond donors (Lipinski definition) is 0. The van der Waals surface area contributed by atoms with Gasteiger partial charge in [-0.05, 0) is 71.2 Å². The lowest BCUT2D eigenvalue weighted by Crippen LogP contribution is -1.89. The zero-order valence-corrected chi connectivity index (χ0v) is 12.8. The fourth-order valence-electron chi connectivity index (χ4n) is 1.75. The minimum atomic E-state index is 0.586. The largest absolute Gasteiger partial charge is 0.456 e. The van der Waals surface area contributed by atoms with Crippen molar-refractivity contribution in [2.75, 3.05) is 0 Å². The number of nitriles is 1. The Hall–Kier alpha value is -1.50. The molecule has 4 heteroatoms. The molecular formula is C15H11BrClNO. The Bertz CT molecular complexity index is 653. The molecule has 0 spiro atoms. The predicted octanol–water partition coefficient (Wildman–Crippen LogP) is 5.38. The molecule has 0 N–H and O–H groups in total. The van der Waals surface area contributed by atoms with Gasteiger partial charge in [-0.2, -0.15) is 5.26 Å². The van der Waals surface area contributed by atoms with E-state index in [1.165, 1.54) is 0 Å². The minimum Gasteiger partial charge on any atom is -0.456 e. The first-order valence-corrected chi connectivity index (χ1v) is 6.82. The SMILES string of the molecule is Cc1cc(Oc2ccc(C#N)cc2Br)cc(C)c1Cl. The standard InChI is InChI=1S/C15H11BrClNO/c1-9-5-12(6-10(2)15(9)17)19-14-4-3-11(8-18)7-13(14)16/h3-7H,1-2H3. The van der Waals surface area contributed by atoms with Crippen LogP contribution in [0.2, 0.25) is 5.02 Å². The fraction of sp³-hybridized carbons (Fsp3) is 0.133. The molecule has 2 rings (SSSR count). The molecule has 0 unspecified atom stereocenters. The second-order valence-corrected chi connectivity index (χ2v) is 5.46. The lowest BCUT2D eigenvalue weighted by atomic mass is 10.1. The summed E-state index contributed by atoms with van der Waals surface area (Å²) in [5.74, 6) is 1.39. The van der Waals surface area contributed by atoms with Crippen LogP contribution in [-0.2, 0) is 0 Å². The van der Waals surface area contributed by atoms with E-state index < -0.39 is 0 Å². The van der Waals surface area contributed by atoms with Crippen molar-refractivity contribution in [3.05, 3.63) is 56.5 Å². The van der Waals surface area contributed by atoms with Crippen molar-refractivity contribution in [2.24, 2.45) is 0 Å². The fourth-order valence-corrected chi connectivity index (χ4v) is 2.31. The first-order valence-electron chi connectivity index (χ1n) is 5.65. The molecule has 0 bridgehead atoms. The Balaban J connectivity index is 2.34. The summed E-state index contributed by atoms with van der Waals surface area (Å²) >= 11 is 9.52. The summed E-state index contributed by atoms with van der Waals surface area (Å²) in [5.41, 5.74) is 2.53. The molecule has 19 heavy (non-hydrogen) atoms. The van der Waals surface area contributed by atoms with Crippen LogP contribution >= 0.6 is 27.5 Å². The van der Waals surface area contributed by atoms with E-state index in [0.717, 1.165) is 26.4 Å². The van der Waals surface area contributed by atoms with Gasteiger partial charge >= 0.3 is 0 Å². The van der Waals surface area contributed by atoms with Gasteiger partial charge in [0.1, 0.15) is 11.5 Å². The van der Waals surface area contributed by atoms with Crippen molar-refractivity contribution >= 4 is 27.5 Å². The highest BCUT2D eigenvalue weighted by Gasteiger charge is 2.07. The van der Waals surface area contributed by atoms with Crippen LogP contribution in [0.3, 0.4) is 0 Å². The van der Waals surface area contributed by atoms with Gasteiger partial charge in [0.15, 0.2) is 0 Å². The molecule has 0 aromatic heterocycles. The summed E-state index contributed by atoms with van der Waals surface area (Å²) in [6.45, 7) is 3.88. The van der Waals surface area contributed by atoms with E-state index >= 15 is 0 Å². The Labute approximate surface area is 125 Å². The lowest BCUT2D eigenvalue weighted by molar-refractivity contribution is 0.479. The Morgan fingerprint density at radius 3 is 2.32 bits per heavy atom. The Morgan fingerprint density at radius 2 is 1.79 bits per heavy atom. The van der Waals surface area contributed by atoms with Gasteiger partial charge in [-0.15, -0.1) is 0 Å². The summed E-state index contributed by atoms with van der Waals surface area (Å²) in [4.78, 5) is 0. The van der Waals surface area contributed by atoms with Crippen molar-refractivity contribution in [2.45, 2.75) is 13.8 Å². The van der Waals surface area contributed by atoms with Crippen LogP contribution in [0.4, 0.5) is 0 Å². The molecule has 96 valence electrons. The Morgan fingerprint density at radius 1 is 1.16 bits per heavy atom. The van der Waals surface area contributed by atoms with Crippen molar-refractivity contribution < 1.29 is 4.74 Å².